The van der Waals surface area contributed by atoms with Crippen LogP contribution in [0.1, 0.15) is 17.8 Å². The van der Waals surface area contributed by atoms with Crippen molar-refractivity contribution in [3.05, 3.63) is 66.0 Å². The molecule has 4 rings (SSSR count). The minimum atomic E-state index is -0.532. The van der Waals surface area contributed by atoms with E-state index in [1.165, 1.54) is 16.7 Å². The maximum atomic E-state index is 12.8. The number of ether oxygens (including phenoxy) is 1. The molecule has 1 unspecified atom stereocenters. The van der Waals surface area contributed by atoms with Crippen LogP contribution < -0.4 is 9.64 Å². The maximum Gasteiger partial charge on any atom is 0.247 e. The van der Waals surface area contributed by atoms with Gasteiger partial charge in [-0.15, -0.1) is 5.10 Å². The number of hydrogen-bond donors (Lipinski definition) is 1. The van der Waals surface area contributed by atoms with Crippen molar-refractivity contribution in [2.24, 2.45) is 0 Å². The van der Waals surface area contributed by atoms with Gasteiger partial charge in [-0.3, -0.25) is 14.7 Å². The molecule has 2 heterocycles. The zero-order valence-corrected chi connectivity index (χ0v) is 16.0. The molecule has 1 saturated heterocycles. The van der Waals surface area contributed by atoms with Gasteiger partial charge in [0.15, 0.2) is 0 Å². The number of aromatic amines is 1. The van der Waals surface area contributed by atoms with Crippen LogP contribution in [-0.2, 0) is 16.0 Å². The van der Waals surface area contributed by atoms with E-state index in [9.17, 15) is 9.59 Å². The van der Waals surface area contributed by atoms with Crippen LogP contribution in [0.15, 0.2) is 59.8 Å². The van der Waals surface area contributed by atoms with E-state index in [2.05, 4.69) is 15.2 Å². The van der Waals surface area contributed by atoms with Gasteiger partial charge in [-0.2, -0.15) is 0 Å². The second-order valence-corrected chi connectivity index (χ2v) is 7.47. The van der Waals surface area contributed by atoms with E-state index in [0.717, 1.165) is 11.4 Å². The molecule has 142 valence electrons. The van der Waals surface area contributed by atoms with Crippen LogP contribution in [-0.4, -0.2) is 39.4 Å². The molecular weight excluding hydrogens is 376 g/mol. The predicted octanol–water partition coefficient (Wildman–Crippen LogP) is 2.83. The number of nitrogens with one attached hydrogen (secondary N) is 1. The maximum absolute atomic E-state index is 12.8. The second kappa shape index (κ2) is 7.85. The van der Waals surface area contributed by atoms with Gasteiger partial charge < -0.3 is 4.74 Å². The number of methoxy groups -OCH3 is 1. The van der Waals surface area contributed by atoms with E-state index in [4.69, 9.17) is 4.74 Å². The number of rotatable bonds is 6. The lowest BCUT2D eigenvalue weighted by Gasteiger charge is -2.14. The highest BCUT2D eigenvalue weighted by Gasteiger charge is 2.40. The third-order valence-electron chi connectivity index (χ3n) is 4.41. The fourth-order valence-corrected chi connectivity index (χ4v) is 3.97. The van der Waals surface area contributed by atoms with Crippen LogP contribution in [0.5, 0.6) is 5.75 Å². The Hall–Kier alpha value is -3.13. The number of hydrogen-bond acceptors (Lipinski definition) is 6. The fourth-order valence-electron chi connectivity index (χ4n) is 3.02. The Morgan fingerprint density at radius 2 is 1.89 bits per heavy atom. The largest absolute Gasteiger partial charge is 0.497 e. The third kappa shape index (κ3) is 3.77. The van der Waals surface area contributed by atoms with Crippen molar-refractivity contribution in [2.45, 2.75) is 23.2 Å². The summed E-state index contributed by atoms with van der Waals surface area (Å²) in [5, 5.41) is 7.02. The van der Waals surface area contributed by atoms with Gasteiger partial charge in [0, 0.05) is 12.8 Å². The number of carbonyl (C=O) groups excluding carboxylic acids is 2. The van der Waals surface area contributed by atoms with Crippen molar-refractivity contribution in [3.63, 3.8) is 0 Å². The van der Waals surface area contributed by atoms with E-state index in [-0.39, 0.29) is 18.2 Å². The van der Waals surface area contributed by atoms with Crippen LogP contribution in [0.25, 0.3) is 0 Å². The molecule has 1 fully saturated rings. The van der Waals surface area contributed by atoms with Crippen LogP contribution in [0, 0.1) is 0 Å². The number of benzene rings is 2. The summed E-state index contributed by atoms with van der Waals surface area (Å²) in [6.45, 7) is 0. The van der Waals surface area contributed by atoms with Crippen LogP contribution >= 0.6 is 11.8 Å². The molecule has 1 aromatic heterocycles. The smallest absolute Gasteiger partial charge is 0.247 e. The standard InChI is InChI=1S/C20H18N4O3S/c1-27-15-9-7-14(8-10-15)24-18(25)12-16(19(24)26)28-20-21-17(22-23-20)11-13-5-3-2-4-6-13/h2-10,16H,11-12H2,1H3,(H,21,22,23). The molecule has 3 aromatic rings. The summed E-state index contributed by atoms with van der Waals surface area (Å²) in [4.78, 5) is 30.8. The van der Waals surface area contributed by atoms with E-state index in [0.29, 0.717) is 23.0 Å². The number of aromatic nitrogens is 3. The number of imide groups is 1. The van der Waals surface area contributed by atoms with Gasteiger partial charge in [0.2, 0.25) is 17.0 Å². The number of H-pyrrole nitrogens is 1. The van der Waals surface area contributed by atoms with E-state index >= 15 is 0 Å². The van der Waals surface area contributed by atoms with Gasteiger partial charge in [0.05, 0.1) is 12.8 Å². The molecule has 7 nitrogen and oxygen atoms in total. The van der Waals surface area contributed by atoms with Gasteiger partial charge in [-0.25, -0.2) is 9.88 Å². The van der Waals surface area contributed by atoms with Gasteiger partial charge in [0.1, 0.15) is 16.8 Å². The monoisotopic (exact) mass is 394 g/mol. The van der Waals surface area contributed by atoms with Crippen LogP contribution in [0.2, 0.25) is 0 Å². The lowest BCUT2D eigenvalue weighted by Crippen LogP contribution is -2.31. The Morgan fingerprint density at radius 1 is 1.14 bits per heavy atom. The first kappa shape index (κ1) is 18.2. The molecule has 2 amide bonds. The molecule has 1 atom stereocenters. The molecule has 0 bridgehead atoms. The Labute approximate surface area is 166 Å². The van der Waals surface area contributed by atoms with E-state index < -0.39 is 5.25 Å². The summed E-state index contributed by atoms with van der Waals surface area (Å²) in [6.07, 6.45) is 0.752. The molecule has 28 heavy (non-hydrogen) atoms. The predicted molar refractivity (Wildman–Crippen MR) is 105 cm³/mol. The topological polar surface area (TPSA) is 88.2 Å². The summed E-state index contributed by atoms with van der Waals surface area (Å²) in [5.74, 6) is 0.903. The number of carbonyl (C=O) groups is 2. The first-order chi connectivity index (χ1) is 13.6. The first-order valence-electron chi connectivity index (χ1n) is 8.77. The number of thioether (sulfide) groups is 1. The zero-order valence-electron chi connectivity index (χ0n) is 15.2. The molecule has 1 N–H and O–H groups in total. The van der Waals surface area contributed by atoms with Gasteiger partial charge in [-0.05, 0) is 29.8 Å². The van der Waals surface area contributed by atoms with Crippen molar-refractivity contribution in [1.82, 2.24) is 15.2 Å². The molecule has 2 aromatic carbocycles. The lowest BCUT2D eigenvalue weighted by atomic mass is 10.1. The highest BCUT2D eigenvalue weighted by molar-refractivity contribution is 8.00. The summed E-state index contributed by atoms with van der Waals surface area (Å²) >= 11 is 1.21. The van der Waals surface area contributed by atoms with Crippen molar-refractivity contribution in [3.8, 4) is 5.75 Å². The summed E-state index contributed by atoms with van der Waals surface area (Å²) < 4.78 is 5.12. The van der Waals surface area contributed by atoms with Crippen molar-refractivity contribution in [1.29, 1.82) is 0 Å². The molecular formula is C20H18N4O3S. The van der Waals surface area contributed by atoms with Crippen LogP contribution in [0.3, 0.4) is 0 Å². The Kier molecular flexibility index (Phi) is 5.12. The minimum absolute atomic E-state index is 0.123. The van der Waals surface area contributed by atoms with E-state index in [1.807, 2.05) is 30.3 Å². The SMILES string of the molecule is COc1ccc(N2C(=O)CC(Sc3n[nH]c(Cc4ccccc4)n3)C2=O)cc1. The third-order valence-corrected chi connectivity index (χ3v) is 5.46. The first-order valence-corrected chi connectivity index (χ1v) is 9.64. The number of nitrogens with zero attached hydrogens (tertiary/aromatic N) is 3. The van der Waals surface area contributed by atoms with Crippen molar-refractivity contribution >= 4 is 29.3 Å². The highest BCUT2D eigenvalue weighted by Crippen LogP contribution is 2.33. The molecule has 0 saturated carbocycles. The minimum Gasteiger partial charge on any atom is -0.497 e. The fraction of sp³-hybridized carbons (Fsp3) is 0.200. The molecule has 0 spiro atoms. The normalized spacial score (nSPS) is 16.6. The molecule has 1 aliphatic rings. The Balaban J connectivity index is 1.44. The van der Waals surface area contributed by atoms with Gasteiger partial charge >= 0.3 is 0 Å². The quantitative estimate of drug-likeness (QED) is 0.647. The average Bonchev–Trinajstić information content (AvgIpc) is 3.26. The Morgan fingerprint density at radius 3 is 2.61 bits per heavy atom. The number of amides is 2. The molecule has 0 radical (unpaired) electrons. The van der Waals surface area contributed by atoms with Crippen molar-refractivity contribution < 1.29 is 14.3 Å². The molecule has 1 aliphatic heterocycles. The summed E-state index contributed by atoms with van der Waals surface area (Å²) in [6, 6.07) is 16.8. The van der Waals surface area contributed by atoms with Crippen LogP contribution in [0.4, 0.5) is 5.69 Å². The second-order valence-electron chi connectivity index (χ2n) is 6.30. The molecule has 8 heteroatoms. The zero-order chi connectivity index (χ0) is 19.5. The Bertz CT molecular complexity index is 988. The van der Waals surface area contributed by atoms with Crippen molar-refractivity contribution in [2.75, 3.05) is 12.0 Å². The average molecular weight is 394 g/mol. The summed E-state index contributed by atoms with van der Waals surface area (Å²) in [7, 11) is 1.57. The van der Waals surface area contributed by atoms with Gasteiger partial charge in [0.25, 0.3) is 0 Å². The van der Waals surface area contributed by atoms with Gasteiger partial charge in [-0.1, -0.05) is 42.1 Å². The lowest BCUT2D eigenvalue weighted by molar-refractivity contribution is -0.121. The highest BCUT2D eigenvalue weighted by atomic mass is 32.2. The molecule has 0 aliphatic carbocycles. The summed E-state index contributed by atoms with van der Waals surface area (Å²) in [5.41, 5.74) is 1.66. The number of anilines is 1. The van der Waals surface area contributed by atoms with E-state index in [1.54, 1.807) is 31.4 Å².